The van der Waals surface area contributed by atoms with Gasteiger partial charge in [0.15, 0.2) is 0 Å². The Morgan fingerprint density at radius 3 is 2.73 bits per heavy atom. The van der Waals surface area contributed by atoms with Crippen LogP contribution in [-0.4, -0.2) is 10.1 Å². The fourth-order valence-electron chi connectivity index (χ4n) is 1.04. The summed E-state index contributed by atoms with van der Waals surface area (Å²) in [7, 11) is 0. The Balaban J connectivity index is 2.14. The highest BCUT2D eigenvalue weighted by molar-refractivity contribution is 5.12. The van der Waals surface area contributed by atoms with Gasteiger partial charge < -0.3 is 16.0 Å². The first kappa shape index (κ1) is 6.60. The lowest BCUT2D eigenvalue weighted by Gasteiger charge is -2.00. The van der Waals surface area contributed by atoms with Crippen LogP contribution >= 0.6 is 0 Å². The van der Waals surface area contributed by atoms with Crippen molar-refractivity contribution in [3.05, 3.63) is 5.89 Å². The molecule has 0 amide bonds. The Kier molecular flexibility index (Phi) is 1.32. The van der Waals surface area contributed by atoms with Crippen molar-refractivity contribution in [2.75, 3.05) is 5.73 Å². The van der Waals surface area contributed by atoms with Crippen molar-refractivity contribution in [2.45, 2.75) is 18.9 Å². The molecule has 1 aliphatic rings. The predicted octanol–water partition coefficient (Wildman–Crippen LogP) is 0.0616. The first-order chi connectivity index (χ1) is 5.27. The van der Waals surface area contributed by atoms with Crippen LogP contribution < -0.4 is 11.5 Å². The molecule has 0 spiro atoms. The van der Waals surface area contributed by atoms with Crippen LogP contribution in [0.25, 0.3) is 0 Å². The molecule has 1 unspecified atom stereocenters. The van der Waals surface area contributed by atoms with Crippen molar-refractivity contribution in [1.82, 2.24) is 10.1 Å². The molecule has 1 aromatic heterocycles. The van der Waals surface area contributed by atoms with Gasteiger partial charge in [0, 0.05) is 0 Å². The monoisotopic (exact) mass is 154 g/mol. The van der Waals surface area contributed by atoms with Gasteiger partial charge in [-0.3, -0.25) is 0 Å². The largest absolute Gasteiger partial charge is 0.365 e. The zero-order valence-electron chi connectivity index (χ0n) is 6.03. The Morgan fingerprint density at radius 1 is 1.55 bits per heavy atom. The highest BCUT2D eigenvalue weighted by atomic mass is 16.5. The fourth-order valence-corrected chi connectivity index (χ4v) is 1.04. The van der Waals surface area contributed by atoms with Gasteiger partial charge in [0.25, 0.3) is 5.95 Å². The molecule has 60 valence electrons. The summed E-state index contributed by atoms with van der Waals surface area (Å²) in [6.07, 6.45) is 2.31. The third kappa shape index (κ3) is 1.19. The molecular formula is C6H10N4O. The average molecular weight is 154 g/mol. The Morgan fingerprint density at radius 2 is 2.27 bits per heavy atom. The summed E-state index contributed by atoms with van der Waals surface area (Å²) in [6.45, 7) is 0. The van der Waals surface area contributed by atoms with Gasteiger partial charge >= 0.3 is 0 Å². The van der Waals surface area contributed by atoms with E-state index in [1.807, 2.05) is 0 Å². The standard InChI is InChI=1S/C6H10N4O/c7-4(3-1-2-3)5-9-6(8)10-11-5/h3-4H,1-2,7H2,(H2,8,10). The molecular weight excluding hydrogens is 144 g/mol. The summed E-state index contributed by atoms with van der Waals surface area (Å²) >= 11 is 0. The lowest BCUT2D eigenvalue weighted by molar-refractivity contribution is 0.344. The van der Waals surface area contributed by atoms with E-state index in [0.717, 1.165) is 12.8 Å². The Labute approximate surface area is 63.8 Å². The van der Waals surface area contributed by atoms with E-state index in [-0.39, 0.29) is 12.0 Å². The summed E-state index contributed by atoms with van der Waals surface area (Å²) in [4.78, 5) is 3.85. The van der Waals surface area contributed by atoms with Crippen molar-refractivity contribution >= 4 is 5.95 Å². The molecule has 11 heavy (non-hydrogen) atoms. The molecule has 2 rings (SSSR count). The lowest BCUT2D eigenvalue weighted by Crippen LogP contribution is -2.12. The van der Waals surface area contributed by atoms with Crippen molar-refractivity contribution in [2.24, 2.45) is 11.7 Å². The van der Waals surface area contributed by atoms with Crippen LogP contribution in [0.5, 0.6) is 0 Å². The Hall–Kier alpha value is -1.10. The molecule has 0 saturated heterocycles. The van der Waals surface area contributed by atoms with Gasteiger partial charge in [-0.25, -0.2) is 0 Å². The highest BCUT2D eigenvalue weighted by Crippen LogP contribution is 2.38. The predicted molar refractivity (Wildman–Crippen MR) is 38.4 cm³/mol. The molecule has 1 fully saturated rings. The molecule has 0 aromatic carbocycles. The van der Waals surface area contributed by atoms with Crippen LogP contribution in [0, 0.1) is 5.92 Å². The van der Waals surface area contributed by atoms with Crippen LogP contribution in [0.2, 0.25) is 0 Å². The minimum absolute atomic E-state index is 0.111. The summed E-state index contributed by atoms with van der Waals surface area (Å²) in [5.41, 5.74) is 11.0. The molecule has 1 aromatic rings. The van der Waals surface area contributed by atoms with Gasteiger partial charge in [-0.15, -0.1) is 0 Å². The van der Waals surface area contributed by atoms with Gasteiger partial charge in [-0.05, 0) is 23.9 Å². The third-order valence-electron chi connectivity index (χ3n) is 1.87. The molecule has 0 bridgehead atoms. The maximum atomic E-state index is 5.76. The van der Waals surface area contributed by atoms with Crippen molar-refractivity contribution in [3.8, 4) is 0 Å². The van der Waals surface area contributed by atoms with E-state index in [2.05, 4.69) is 10.1 Å². The summed E-state index contributed by atoms with van der Waals surface area (Å²) < 4.78 is 4.82. The summed E-state index contributed by atoms with van der Waals surface area (Å²) in [5, 5.41) is 3.46. The summed E-state index contributed by atoms with van der Waals surface area (Å²) in [5.74, 6) is 1.15. The van der Waals surface area contributed by atoms with Crippen molar-refractivity contribution in [3.63, 3.8) is 0 Å². The molecule has 1 atom stereocenters. The van der Waals surface area contributed by atoms with Crippen molar-refractivity contribution in [1.29, 1.82) is 0 Å². The Bertz CT molecular complexity index is 255. The van der Waals surface area contributed by atoms with E-state index in [0.29, 0.717) is 11.8 Å². The van der Waals surface area contributed by atoms with Gasteiger partial charge in [0.05, 0.1) is 6.04 Å². The number of rotatable bonds is 2. The zero-order chi connectivity index (χ0) is 7.84. The maximum absolute atomic E-state index is 5.76. The first-order valence-electron chi connectivity index (χ1n) is 3.62. The van der Waals surface area contributed by atoms with Crippen LogP contribution in [0.4, 0.5) is 5.95 Å². The SMILES string of the molecule is Nc1noc(C(N)C2CC2)n1. The topological polar surface area (TPSA) is 91.0 Å². The maximum Gasteiger partial charge on any atom is 0.260 e. The average Bonchev–Trinajstić information content (AvgIpc) is 2.74. The van der Waals surface area contributed by atoms with Gasteiger partial charge in [-0.2, -0.15) is 4.98 Å². The zero-order valence-corrected chi connectivity index (χ0v) is 6.03. The van der Waals surface area contributed by atoms with Crippen LogP contribution in [-0.2, 0) is 0 Å². The smallest absolute Gasteiger partial charge is 0.260 e. The first-order valence-corrected chi connectivity index (χ1v) is 3.62. The van der Waals surface area contributed by atoms with Gasteiger partial charge in [0.1, 0.15) is 0 Å². The second-order valence-corrected chi connectivity index (χ2v) is 2.85. The molecule has 5 nitrogen and oxygen atoms in total. The molecule has 1 aliphatic carbocycles. The number of nitrogen functional groups attached to an aromatic ring is 1. The van der Waals surface area contributed by atoms with E-state index >= 15 is 0 Å². The van der Waals surface area contributed by atoms with E-state index in [4.69, 9.17) is 16.0 Å². The summed E-state index contributed by atoms with van der Waals surface area (Å²) in [6, 6.07) is -0.111. The third-order valence-corrected chi connectivity index (χ3v) is 1.87. The normalized spacial score (nSPS) is 20.1. The molecule has 0 aliphatic heterocycles. The van der Waals surface area contributed by atoms with E-state index < -0.39 is 0 Å². The number of nitrogens with zero attached hydrogens (tertiary/aromatic N) is 2. The minimum Gasteiger partial charge on any atom is -0.365 e. The quantitative estimate of drug-likeness (QED) is 0.628. The fraction of sp³-hybridized carbons (Fsp3) is 0.667. The van der Waals surface area contributed by atoms with Crippen LogP contribution in [0.3, 0.4) is 0 Å². The molecule has 0 radical (unpaired) electrons. The molecule has 1 saturated carbocycles. The number of hydrogen-bond acceptors (Lipinski definition) is 5. The van der Waals surface area contributed by atoms with E-state index in [1.54, 1.807) is 0 Å². The van der Waals surface area contributed by atoms with E-state index in [1.165, 1.54) is 0 Å². The van der Waals surface area contributed by atoms with Gasteiger partial charge in [-0.1, -0.05) is 0 Å². The van der Waals surface area contributed by atoms with Crippen LogP contribution in [0.1, 0.15) is 24.8 Å². The highest BCUT2D eigenvalue weighted by Gasteiger charge is 2.32. The second-order valence-electron chi connectivity index (χ2n) is 2.85. The number of aromatic nitrogens is 2. The lowest BCUT2D eigenvalue weighted by atomic mass is 10.2. The van der Waals surface area contributed by atoms with E-state index in [9.17, 15) is 0 Å². The number of nitrogens with two attached hydrogens (primary N) is 2. The minimum atomic E-state index is -0.111. The number of hydrogen-bond donors (Lipinski definition) is 2. The van der Waals surface area contributed by atoms with Gasteiger partial charge in [0.2, 0.25) is 5.89 Å². The van der Waals surface area contributed by atoms with Crippen molar-refractivity contribution < 1.29 is 4.52 Å². The number of anilines is 1. The molecule has 4 N–H and O–H groups in total. The second kappa shape index (κ2) is 2.20. The molecule has 1 heterocycles. The molecule has 5 heteroatoms. The van der Waals surface area contributed by atoms with Crippen LogP contribution in [0.15, 0.2) is 4.52 Å².